The molecular weight excluding hydrogens is 262 g/mol. The van der Waals surface area contributed by atoms with Crippen molar-refractivity contribution in [2.75, 3.05) is 32.7 Å². The van der Waals surface area contributed by atoms with Crippen molar-refractivity contribution in [3.8, 4) is 0 Å². The maximum absolute atomic E-state index is 12.8. The Balaban J connectivity index is 2.52. The van der Waals surface area contributed by atoms with Gasteiger partial charge in [-0.15, -0.1) is 0 Å². The van der Waals surface area contributed by atoms with Crippen molar-refractivity contribution in [1.82, 2.24) is 9.80 Å². The molecule has 1 saturated carbocycles. The molecule has 0 aromatic rings. The molecule has 0 spiro atoms. The lowest BCUT2D eigenvalue weighted by molar-refractivity contribution is -0.138. The van der Waals surface area contributed by atoms with Crippen LogP contribution in [-0.2, 0) is 4.79 Å². The lowest BCUT2D eigenvalue weighted by atomic mass is 9.76. The Morgan fingerprint density at radius 2 is 1.86 bits per heavy atom. The number of rotatable bonds is 8. The van der Waals surface area contributed by atoms with Crippen molar-refractivity contribution in [3.05, 3.63) is 0 Å². The van der Waals surface area contributed by atoms with Gasteiger partial charge in [-0.05, 0) is 51.7 Å². The molecule has 1 aliphatic rings. The number of carbonyl (C=O) groups is 1. The molecule has 1 fully saturated rings. The smallest absolute Gasteiger partial charge is 0.242 e. The minimum Gasteiger partial charge on any atom is -0.341 e. The molecule has 2 atom stereocenters. The lowest BCUT2D eigenvalue weighted by Crippen LogP contribution is -2.57. The highest BCUT2D eigenvalue weighted by Gasteiger charge is 2.40. The summed E-state index contributed by atoms with van der Waals surface area (Å²) < 4.78 is 0. The Labute approximate surface area is 131 Å². The lowest BCUT2D eigenvalue weighted by Gasteiger charge is -2.39. The summed E-state index contributed by atoms with van der Waals surface area (Å²) in [6.07, 6.45) is 5.02. The Bertz CT molecular complexity index is 317. The Morgan fingerprint density at radius 3 is 2.38 bits per heavy atom. The van der Waals surface area contributed by atoms with Gasteiger partial charge in [-0.3, -0.25) is 4.79 Å². The number of carbonyl (C=O) groups excluding carboxylic acids is 1. The summed E-state index contributed by atoms with van der Waals surface area (Å²) in [5.41, 5.74) is 5.84. The van der Waals surface area contributed by atoms with E-state index in [2.05, 4.69) is 32.6 Å². The van der Waals surface area contributed by atoms with Crippen LogP contribution in [0.15, 0.2) is 0 Å². The predicted octanol–water partition coefficient (Wildman–Crippen LogP) is 2.47. The van der Waals surface area contributed by atoms with Gasteiger partial charge in [-0.1, -0.05) is 33.6 Å². The molecular formula is C17H35N3O. The first-order valence-corrected chi connectivity index (χ1v) is 8.77. The first-order valence-electron chi connectivity index (χ1n) is 8.77. The molecule has 4 nitrogen and oxygen atoms in total. The molecule has 124 valence electrons. The number of nitrogens with two attached hydrogens (primary N) is 1. The second-order valence-electron chi connectivity index (χ2n) is 6.62. The number of hydrogen-bond donors (Lipinski definition) is 1. The molecule has 0 aliphatic heterocycles. The van der Waals surface area contributed by atoms with Crippen LogP contribution < -0.4 is 5.73 Å². The van der Waals surface area contributed by atoms with Crippen LogP contribution in [0.5, 0.6) is 0 Å². The van der Waals surface area contributed by atoms with Crippen LogP contribution in [0.25, 0.3) is 0 Å². The molecule has 2 unspecified atom stereocenters. The fourth-order valence-corrected chi connectivity index (χ4v) is 3.53. The topological polar surface area (TPSA) is 49.6 Å². The number of likely N-dealkylation sites (N-methyl/N-ethyl adjacent to an activating group) is 1. The van der Waals surface area contributed by atoms with Crippen LogP contribution in [0.3, 0.4) is 0 Å². The molecule has 4 heteroatoms. The van der Waals surface area contributed by atoms with Gasteiger partial charge in [0.1, 0.15) is 0 Å². The predicted molar refractivity (Wildman–Crippen MR) is 89.2 cm³/mol. The quantitative estimate of drug-likeness (QED) is 0.749. The summed E-state index contributed by atoms with van der Waals surface area (Å²) in [4.78, 5) is 17.2. The van der Waals surface area contributed by atoms with Crippen LogP contribution >= 0.6 is 0 Å². The van der Waals surface area contributed by atoms with E-state index in [1.807, 2.05) is 4.90 Å². The number of amides is 1. The highest BCUT2D eigenvalue weighted by molar-refractivity contribution is 5.86. The van der Waals surface area contributed by atoms with Gasteiger partial charge in [0.15, 0.2) is 0 Å². The Morgan fingerprint density at radius 1 is 1.19 bits per heavy atom. The maximum Gasteiger partial charge on any atom is 0.242 e. The summed E-state index contributed by atoms with van der Waals surface area (Å²) in [5, 5.41) is 0. The van der Waals surface area contributed by atoms with Crippen molar-refractivity contribution < 1.29 is 4.79 Å². The molecule has 0 saturated heterocycles. The van der Waals surface area contributed by atoms with Crippen molar-refractivity contribution >= 4 is 5.91 Å². The van der Waals surface area contributed by atoms with E-state index in [9.17, 15) is 4.79 Å². The summed E-state index contributed by atoms with van der Waals surface area (Å²) in [5.74, 6) is 0.748. The van der Waals surface area contributed by atoms with E-state index in [-0.39, 0.29) is 5.91 Å². The Kier molecular flexibility index (Phi) is 7.67. The van der Waals surface area contributed by atoms with Gasteiger partial charge in [-0.2, -0.15) is 0 Å². The SMILES string of the molecule is CCN(CC)CCCN(CC)C(=O)C1(N)CCCC(C)C1. The molecule has 0 heterocycles. The molecule has 0 aromatic heterocycles. The first kappa shape index (κ1) is 18.4. The fourth-order valence-electron chi connectivity index (χ4n) is 3.53. The zero-order valence-electron chi connectivity index (χ0n) is 14.5. The van der Waals surface area contributed by atoms with Gasteiger partial charge in [0.25, 0.3) is 0 Å². The van der Waals surface area contributed by atoms with Crippen LogP contribution in [-0.4, -0.2) is 54.0 Å². The zero-order chi connectivity index (χ0) is 15.9. The van der Waals surface area contributed by atoms with Crippen LogP contribution in [0.4, 0.5) is 0 Å². The van der Waals surface area contributed by atoms with Crippen molar-refractivity contribution in [3.63, 3.8) is 0 Å². The van der Waals surface area contributed by atoms with Gasteiger partial charge in [0.2, 0.25) is 5.91 Å². The summed E-state index contributed by atoms with van der Waals surface area (Å²) >= 11 is 0. The second kappa shape index (κ2) is 8.74. The molecule has 1 aliphatic carbocycles. The highest BCUT2D eigenvalue weighted by Crippen LogP contribution is 2.31. The molecule has 21 heavy (non-hydrogen) atoms. The monoisotopic (exact) mass is 297 g/mol. The van der Waals surface area contributed by atoms with Crippen LogP contribution in [0, 0.1) is 5.92 Å². The summed E-state index contributed by atoms with van der Waals surface area (Å²) in [6, 6.07) is 0. The standard InChI is InChI=1S/C17H35N3O/c1-5-19(6-2)12-9-13-20(7-3)16(21)17(18)11-8-10-15(4)14-17/h15H,5-14,18H2,1-4H3. The first-order chi connectivity index (χ1) is 9.96. The fraction of sp³-hybridized carbons (Fsp3) is 0.941. The Hall–Kier alpha value is -0.610. The van der Waals surface area contributed by atoms with E-state index in [0.717, 1.165) is 58.4 Å². The summed E-state index contributed by atoms with van der Waals surface area (Å²) in [6.45, 7) is 13.5. The van der Waals surface area contributed by atoms with E-state index in [4.69, 9.17) is 5.73 Å². The third-order valence-corrected chi connectivity index (χ3v) is 4.92. The molecule has 0 bridgehead atoms. The minimum absolute atomic E-state index is 0.177. The van der Waals surface area contributed by atoms with E-state index in [1.54, 1.807) is 0 Å². The van der Waals surface area contributed by atoms with Crippen molar-refractivity contribution in [2.45, 2.75) is 65.3 Å². The average Bonchev–Trinajstić information content (AvgIpc) is 2.47. The van der Waals surface area contributed by atoms with E-state index >= 15 is 0 Å². The van der Waals surface area contributed by atoms with E-state index < -0.39 is 5.54 Å². The van der Waals surface area contributed by atoms with E-state index in [1.165, 1.54) is 6.42 Å². The van der Waals surface area contributed by atoms with Crippen molar-refractivity contribution in [1.29, 1.82) is 0 Å². The normalized spacial score (nSPS) is 26.1. The second-order valence-corrected chi connectivity index (χ2v) is 6.62. The zero-order valence-corrected chi connectivity index (χ0v) is 14.5. The number of hydrogen-bond acceptors (Lipinski definition) is 3. The van der Waals surface area contributed by atoms with E-state index in [0.29, 0.717) is 5.92 Å². The van der Waals surface area contributed by atoms with Crippen LogP contribution in [0.2, 0.25) is 0 Å². The maximum atomic E-state index is 12.8. The van der Waals surface area contributed by atoms with Crippen LogP contribution in [0.1, 0.15) is 59.8 Å². The van der Waals surface area contributed by atoms with Crippen molar-refractivity contribution in [2.24, 2.45) is 11.7 Å². The average molecular weight is 297 g/mol. The minimum atomic E-state index is -0.608. The summed E-state index contributed by atoms with van der Waals surface area (Å²) in [7, 11) is 0. The highest BCUT2D eigenvalue weighted by atomic mass is 16.2. The van der Waals surface area contributed by atoms with Gasteiger partial charge in [0, 0.05) is 13.1 Å². The number of nitrogens with zero attached hydrogens (tertiary/aromatic N) is 2. The molecule has 1 amide bonds. The molecule has 2 N–H and O–H groups in total. The van der Waals surface area contributed by atoms with Gasteiger partial charge in [-0.25, -0.2) is 0 Å². The van der Waals surface area contributed by atoms with Gasteiger partial charge in [0.05, 0.1) is 5.54 Å². The van der Waals surface area contributed by atoms with Gasteiger partial charge < -0.3 is 15.5 Å². The molecule has 1 rings (SSSR count). The molecule has 0 aromatic carbocycles. The van der Waals surface area contributed by atoms with Gasteiger partial charge >= 0.3 is 0 Å². The molecule has 0 radical (unpaired) electrons. The third-order valence-electron chi connectivity index (χ3n) is 4.92. The third kappa shape index (κ3) is 5.26. The largest absolute Gasteiger partial charge is 0.341 e.